The van der Waals surface area contributed by atoms with Crippen LogP contribution in [0.15, 0.2) is 18.2 Å². The number of hydrogen-bond donors (Lipinski definition) is 1. The lowest BCUT2D eigenvalue weighted by Gasteiger charge is -2.34. The van der Waals surface area contributed by atoms with Gasteiger partial charge in [-0.05, 0) is 17.7 Å². The van der Waals surface area contributed by atoms with E-state index in [-0.39, 0.29) is 24.2 Å². The number of halogens is 1. The molecule has 1 heterocycles. The maximum Gasteiger partial charge on any atom is 0.165 e. The summed E-state index contributed by atoms with van der Waals surface area (Å²) < 4.78 is 23.6. The van der Waals surface area contributed by atoms with E-state index in [1.165, 1.54) is 13.2 Å². The molecule has 0 radical (unpaired) electrons. The van der Waals surface area contributed by atoms with Crippen molar-refractivity contribution in [3.05, 3.63) is 29.6 Å². The molecule has 2 rings (SSSR count). The summed E-state index contributed by atoms with van der Waals surface area (Å²) in [5, 5.41) is 9.28. The Morgan fingerprint density at radius 2 is 2.39 bits per heavy atom. The highest BCUT2D eigenvalue weighted by Gasteiger charge is 2.22. The molecule has 1 aliphatic heterocycles. The van der Waals surface area contributed by atoms with E-state index in [1.54, 1.807) is 12.1 Å². The lowest BCUT2D eigenvalue weighted by atomic mass is 10.1. The fraction of sp³-hybridized carbons (Fsp3) is 0.538. The van der Waals surface area contributed by atoms with Crippen molar-refractivity contribution in [2.75, 3.05) is 33.5 Å². The molecule has 0 bridgehead atoms. The largest absolute Gasteiger partial charge is 0.494 e. The Morgan fingerprint density at radius 1 is 1.56 bits per heavy atom. The molecule has 0 spiro atoms. The number of rotatable bonds is 4. The third-order valence-electron chi connectivity index (χ3n) is 3.16. The van der Waals surface area contributed by atoms with Crippen LogP contribution >= 0.6 is 0 Å². The average molecular weight is 255 g/mol. The van der Waals surface area contributed by atoms with Gasteiger partial charge in [-0.2, -0.15) is 0 Å². The predicted molar refractivity (Wildman–Crippen MR) is 65.1 cm³/mol. The van der Waals surface area contributed by atoms with Crippen LogP contribution in [0.5, 0.6) is 5.75 Å². The van der Waals surface area contributed by atoms with Crippen LogP contribution in [0.4, 0.5) is 4.39 Å². The molecule has 1 aliphatic rings. The second-order valence-corrected chi connectivity index (χ2v) is 4.35. The number of nitrogens with zero attached hydrogens (tertiary/aromatic N) is 1. The molecule has 1 fully saturated rings. The van der Waals surface area contributed by atoms with Gasteiger partial charge in [-0.25, -0.2) is 4.39 Å². The molecule has 1 N–H and O–H groups in total. The Hall–Kier alpha value is -1.17. The maximum atomic E-state index is 13.3. The van der Waals surface area contributed by atoms with E-state index in [0.717, 1.165) is 12.1 Å². The van der Waals surface area contributed by atoms with Crippen LogP contribution in [0.2, 0.25) is 0 Å². The van der Waals surface area contributed by atoms with Gasteiger partial charge in [0.05, 0.1) is 33.0 Å². The van der Waals surface area contributed by atoms with Crippen molar-refractivity contribution in [3.8, 4) is 5.75 Å². The smallest absolute Gasteiger partial charge is 0.165 e. The summed E-state index contributed by atoms with van der Waals surface area (Å²) in [7, 11) is 1.45. The minimum atomic E-state index is -0.359. The maximum absolute atomic E-state index is 13.3. The van der Waals surface area contributed by atoms with Gasteiger partial charge in [0.2, 0.25) is 0 Å². The number of aliphatic hydroxyl groups is 1. The van der Waals surface area contributed by atoms with Gasteiger partial charge in [0.25, 0.3) is 0 Å². The normalized spacial score (nSPS) is 20.9. The number of morpholine rings is 1. The topological polar surface area (TPSA) is 41.9 Å². The molecule has 0 aliphatic carbocycles. The summed E-state index contributed by atoms with van der Waals surface area (Å²) in [6, 6.07) is 4.85. The van der Waals surface area contributed by atoms with E-state index in [1.807, 2.05) is 0 Å². The molecule has 1 aromatic carbocycles. The molecule has 18 heavy (non-hydrogen) atoms. The van der Waals surface area contributed by atoms with Gasteiger partial charge in [-0.3, -0.25) is 4.90 Å². The van der Waals surface area contributed by atoms with Crippen molar-refractivity contribution < 1.29 is 19.0 Å². The molecular weight excluding hydrogens is 237 g/mol. The Balaban J connectivity index is 2.07. The first kappa shape index (κ1) is 13.3. The molecule has 5 heteroatoms. The SMILES string of the molecule is COc1cc(CN2CCOC[C@@H]2CO)ccc1F. The molecule has 0 saturated carbocycles. The van der Waals surface area contributed by atoms with E-state index < -0.39 is 0 Å². The zero-order valence-electron chi connectivity index (χ0n) is 10.4. The summed E-state index contributed by atoms with van der Waals surface area (Å²) >= 11 is 0. The zero-order valence-corrected chi connectivity index (χ0v) is 10.4. The lowest BCUT2D eigenvalue weighted by Crippen LogP contribution is -2.46. The van der Waals surface area contributed by atoms with Gasteiger partial charge in [0.1, 0.15) is 0 Å². The van der Waals surface area contributed by atoms with E-state index in [4.69, 9.17) is 9.47 Å². The van der Waals surface area contributed by atoms with Crippen LogP contribution in [-0.4, -0.2) is 49.5 Å². The second kappa shape index (κ2) is 6.13. The summed E-state index contributed by atoms with van der Waals surface area (Å²) in [6.07, 6.45) is 0. The summed E-state index contributed by atoms with van der Waals surface area (Å²) in [4.78, 5) is 2.14. The van der Waals surface area contributed by atoms with Gasteiger partial charge in [-0.15, -0.1) is 0 Å². The van der Waals surface area contributed by atoms with Crippen molar-refractivity contribution in [1.29, 1.82) is 0 Å². The Kier molecular flexibility index (Phi) is 4.52. The summed E-state index contributed by atoms with van der Waals surface area (Å²) in [5.74, 6) is -0.108. The molecular formula is C13H18FNO3. The monoisotopic (exact) mass is 255 g/mol. The van der Waals surface area contributed by atoms with Crippen molar-refractivity contribution >= 4 is 0 Å². The van der Waals surface area contributed by atoms with Gasteiger partial charge < -0.3 is 14.6 Å². The molecule has 1 atom stereocenters. The minimum absolute atomic E-state index is 0.00907. The van der Waals surface area contributed by atoms with Crippen molar-refractivity contribution in [1.82, 2.24) is 4.90 Å². The number of benzene rings is 1. The van der Waals surface area contributed by atoms with E-state index >= 15 is 0 Å². The third kappa shape index (κ3) is 2.98. The number of methoxy groups -OCH3 is 1. The first-order chi connectivity index (χ1) is 8.74. The highest BCUT2D eigenvalue weighted by atomic mass is 19.1. The van der Waals surface area contributed by atoms with Gasteiger partial charge in [0, 0.05) is 13.1 Å². The number of hydrogen-bond acceptors (Lipinski definition) is 4. The fourth-order valence-corrected chi connectivity index (χ4v) is 2.10. The molecule has 0 amide bonds. The van der Waals surface area contributed by atoms with Gasteiger partial charge in [-0.1, -0.05) is 6.07 Å². The van der Waals surface area contributed by atoms with Gasteiger partial charge in [0.15, 0.2) is 11.6 Å². The van der Waals surface area contributed by atoms with Crippen LogP contribution in [0, 0.1) is 5.82 Å². The molecule has 100 valence electrons. The quantitative estimate of drug-likeness (QED) is 0.872. The second-order valence-electron chi connectivity index (χ2n) is 4.35. The molecule has 1 saturated heterocycles. The van der Waals surface area contributed by atoms with Crippen LogP contribution < -0.4 is 4.74 Å². The Bertz CT molecular complexity index is 400. The number of aliphatic hydroxyl groups excluding tert-OH is 1. The highest BCUT2D eigenvalue weighted by molar-refractivity contribution is 5.30. The average Bonchev–Trinajstić information content (AvgIpc) is 2.41. The van der Waals surface area contributed by atoms with Crippen LogP contribution in [0.25, 0.3) is 0 Å². The van der Waals surface area contributed by atoms with Gasteiger partial charge >= 0.3 is 0 Å². The highest BCUT2D eigenvalue weighted by Crippen LogP contribution is 2.20. The standard InChI is InChI=1S/C13H18FNO3/c1-17-13-6-10(2-3-12(13)14)7-15-4-5-18-9-11(15)8-16/h2-3,6,11,16H,4-5,7-9H2,1H3/t11-/m0/s1. The Morgan fingerprint density at radius 3 is 3.11 bits per heavy atom. The summed E-state index contributed by atoms with van der Waals surface area (Å²) in [5.41, 5.74) is 0.966. The fourth-order valence-electron chi connectivity index (χ4n) is 2.10. The van der Waals surface area contributed by atoms with Crippen LogP contribution in [-0.2, 0) is 11.3 Å². The van der Waals surface area contributed by atoms with Crippen molar-refractivity contribution in [3.63, 3.8) is 0 Å². The van der Waals surface area contributed by atoms with Crippen LogP contribution in [0.3, 0.4) is 0 Å². The molecule has 0 unspecified atom stereocenters. The van der Waals surface area contributed by atoms with Crippen LogP contribution in [0.1, 0.15) is 5.56 Å². The van der Waals surface area contributed by atoms with E-state index in [9.17, 15) is 9.50 Å². The van der Waals surface area contributed by atoms with Crippen molar-refractivity contribution in [2.45, 2.75) is 12.6 Å². The first-order valence-corrected chi connectivity index (χ1v) is 5.99. The van der Waals surface area contributed by atoms with E-state index in [0.29, 0.717) is 19.8 Å². The molecule has 0 aromatic heterocycles. The Labute approximate surface area is 106 Å². The number of ether oxygens (including phenoxy) is 2. The first-order valence-electron chi connectivity index (χ1n) is 5.99. The predicted octanol–water partition coefficient (Wildman–Crippen LogP) is 1.03. The zero-order chi connectivity index (χ0) is 13.0. The minimum Gasteiger partial charge on any atom is -0.494 e. The molecule has 1 aromatic rings. The summed E-state index contributed by atoms with van der Waals surface area (Å²) in [6.45, 7) is 2.69. The lowest BCUT2D eigenvalue weighted by molar-refractivity contribution is -0.0312. The molecule has 4 nitrogen and oxygen atoms in total. The third-order valence-corrected chi connectivity index (χ3v) is 3.16. The van der Waals surface area contributed by atoms with E-state index in [2.05, 4.69) is 4.90 Å². The van der Waals surface area contributed by atoms with Crippen molar-refractivity contribution in [2.24, 2.45) is 0 Å².